The summed E-state index contributed by atoms with van der Waals surface area (Å²) in [6, 6.07) is -1.05. The molecule has 0 heterocycles. The standard InChI is InChI=1S/C36H69NO5S/c1-3-5-7-9-10-11-12-13-14-15-16-17-18-19-20-21-22-23-24-25-26-28-30-32-36(39)37-34(33-43(40,41)42)35(38)31-29-27-8-6-4-2/h15-16,29,31,34-35,38H,3-14,17-28,30,32-33H2,1-2H3,(H,37,39)(H,40,41,42)/b16-15-,31-29+. The summed E-state index contributed by atoms with van der Waals surface area (Å²) < 4.78 is 32.0. The number of hydrogen-bond acceptors (Lipinski definition) is 4. The predicted octanol–water partition coefficient (Wildman–Crippen LogP) is 10.0. The van der Waals surface area contributed by atoms with E-state index < -0.39 is 28.0 Å². The third-order valence-electron chi connectivity index (χ3n) is 8.12. The molecule has 0 aliphatic rings. The first-order valence-corrected chi connectivity index (χ1v) is 19.6. The van der Waals surface area contributed by atoms with E-state index in [0.717, 1.165) is 44.9 Å². The molecule has 0 radical (unpaired) electrons. The van der Waals surface area contributed by atoms with Gasteiger partial charge in [-0.15, -0.1) is 0 Å². The largest absolute Gasteiger partial charge is 0.387 e. The zero-order valence-corrected chi connectivity index (χ0v) is 28.9. The van der Waals surface area contributed by atoms with Gasteiger partial charge in [-0.05, 0) is 44.9 Å². The van der Waals surface area contributed by atoms with Gasteiger partial charge in [-0.2, -0.15) is 8.42 Å². The number of unbranched alkanes of at least 4 members (excludes halogenated alkanes) is 22. The van der Waals surface area contributed by atoms with Crippen LogP contribution in [0.3, 0.4) is 0 Å². The number of rotatable bonds is 32. The molecule has 0 spiro atoms. The van der Waals surface area contributed by atoms with Crippen LogP contribution in [0.2, 0.25) is 0 Å². The van der Waals surface area contributed by atoms with E-state index in [-0.39, 0.29) is 5.91 Å². The summed E-state index contributed by atoms with van der Waals surface area (Å²) in [5.74, 6) is -0.985. The summed E-state index contributed by atoms with van der Waals surface area (Å²) in [5.41, 5.74) is 0. The highest BCUT2D eigenvalue weighted by Crippen LogP contribution is 2.14. The van der Waals surface area contributed by atoms with Gasteiger partial charge in [0.25, 0.3) is 10.1 Å². The van der Waals surface area contributed by atoms with Crippen molar-refractivity contribution < 1.29 is 22.9 Å². The zero-order valence-electron chi connectivity index (χ0n) is 28.1. The molecule has 1 amide bonds. The Morgan fingerprint density at radius 1 is 0.605 bits per heavy atom. The molecular formula is C36H69NO5S. The molecule has 254 valence electrons. The van der Waals surface area contributed by atoms with E-state index in [4.69, 9.17) is 0 Å². The maximum absolute atomic E-state index is 12.3. The molecule has 0 aromatic rings. The summed E-state index contributed by atoms with van der Waals surface area (Å²) in [7, 11) is -4.32. The van der Waals surface area contributed by atoms with E-state index >= 15 is 0 Å². The SMILES string of the molecule is CCCCC/C=C/C(O)C(CS(=O)(=O)O)NC(=O)CCCCCCCCCCCCC/C=C\CCCCCCCCCC. The number of carbonyl (C=O) groups excluding carboxylic acids is 1. The van der Waals surface area contributed by atoms with E-state index in [2.05, 4.69) is 31.3 Å². The van der Waals surface area contributed by atoms with E-state index in [1.54, 1.807) is 0 Å². The third-order valence-corrected chi connectivity index (χ3v) is 8.90. The van der Waals surface area contributed by atoms with Crippen molar-refractivity contribution in [1.29, 1.82) is 0 Å². The van der Waals surface area contributed by atoms with Crippen molar-refractivity contribution in [3.63, 3.8) is 0 Å². The fourth-order valence-electron chi connectivity index (χ4n) is 5.38. The molecule has 0 saturated carbocycles. The third kappa shape index (κ3) is 32.0. The maximum atomic E-state index is 12.3. The average molecular weight is 628 g/mol. The van der Waals surface area contributed by atoms with Crippen LogP contribution in [0, 0.1) is 0 Å². The highest BCUT2D eigenvalue weighted by Gasteiger charge is 2.24. The van der Waals surface area contributed by atoms with Gasteiger partial charge in [-0.1, -0.05) is 154 Å². The van der Waals surface area contributed by atoms with Crippen LogP contribution in [-0.2, 0) is 14.9 Å². The molecule has 0 fully saturated rings. The zero-order chi connectivity index (χ0) is 31.9. The smallest absolute Gasteiger partial charge is 0.267 e. The van der Waals surface area contributed by atoms with Gasteiger partial charge in [0.1, 0.15) is 0 Å². The van der Waals surface area contributed by atoms with Crippen LogP contribution >= 0.6 is 0 Å². The highest BCUT2D eigenvalue weighted by molar-refractivity contribution is 7.85. The first kappa shape index (κ1) is 41.8. The van der Waals surface area contributed by atoms with Gasteiger partial charge >= 0.3 is 0 Å². The van der Waals surface area contributed by atoms with Crippen LogP contribution in [-0.4, -0.2) is 41.9 Å². The molecule has 0 aliphatic heterocycles. The number of aliphatic hydroxyl groups excluding tert-OH is 1. The first-order valence-electron chi connectivity index (χ1n) is 18.0. The Morgan fingerprint density at radius 2 is 0.977 bits per heavy atom. The number of amides is 1. The Labute approximate surface area is 266 Å². The molecule has 2 atom stereocenters. The molecular weight excluding hydrogens is 558 g/mol. The number of nitrogens with one attached hydrogen (secondary N) is 1. The van der Waals surface area contributed by atoms with E-state index in [1.807, 2.05) is 6.08 Å². The quantitative estimate of drug-likeness (QED) is 0.0391. The van der Waals surface area contributed by atoms with Crippen molar-refractivity contribution >= 4 is 16.0 Å². The number of carbonyl (C=O) groups is 1. The van der Waals surface area contributed by atoms with Crippen LogP contribution in [0.5, 0.6) is 0 Å². The van der Waals surface area contributed by atoms with E-state index in [1.165, 1.54) is 122 Å². The molecule has 0 rings (SSSR count). The van der Waals surface area contributed by atoms with Gasteiger partial charge in [0, 0.05) is 6.42 Å². The second-order valence-corrected chi connectivity index (χ2v) is 14.0. The lowest BCUT2D eigenvalue weighted by atomic mass is 10.0. The van der Waals surface area contributed by atoms with Gasteiger partial charge in [0.15, 0.2) is 0 Å². The highest BCUT2D eigenvalue weighted by atomic mass is 32.2. The van der Waals surface area contributed by atoms with Crippen LogP contribution in [0.25, 0.3) is 0 Å². The van der Waals surface area contributed by atoms with Crippen LogP contribution in [0.15, 0.2) is 24.3 Å². The topological polar surface area (TPSA) is 104 Å². The van der Waals surface area contributed by atoms with Crippen LogP contribution in [0.1, 0.15) is 181 Å². The maximum Gasteiger partial charge on any atom is 0.267 e. The summed E-state index contributed by atoms with van der Waals surface area (Å²) in [6.45, 7) is 4.38. The van der Waals surface area contributed by atoms with Crippen molar-refractivity contribution in [3.05, 3.63) is 24.3 Å². The molecule has 0 aromatic carbocycles. The average Bonchev–Trinajstić information content (AvgIpc) is 2.96. The predicted molar refractivity (Wildman–Crippen MR) is 184 cm³/mol. The lowest BCUT2D eigenvalue weighted by Gasteiger charge is -2.21. The summed E-state index contributed by atoms with van der Waals surface area (Å²) >= 11 is 0. The Kier molecular flexibility index (Phi) is 30.0. The lowest BCUT2D eigenvalue weighted by Crippen LogP contribution is -2.46. The lowest BCUT2D eigenvalue weighted by molar-refractivity contribution is -0.122. The Bertz CT molecular complexity index is 781. The molecule has 6 nitrogen and oxygen atoms in total. The second-order valence-electron chi connectivity index (χ2n) is 12.5. The summed E-state index contributed by atoms with van der Waals surface area (Å²) in [6.07, 6.45) is 37.9. The fraction of sp³-hybridized carbons (Fsp3) is 0.861. The minimum atomic E-state index is -4.32. The molecule has 43 heavy (non-hydrogen) atoms. The Morgan fingerprint density at radius 3 is 1.44 bits per heavy atom. The van der Waals surface area contributed by atoms with Crippen molar-refractivity contribution in [3.8, 4) is 0 Å². The monoisotopic (exact) mass is 627 g/mol. The second kappa shape index (κ2) is 30.8. The van der Waals surface area contributed by atoms with Crippen molar-refractivity contribution in [1.82, 2.24) is 5.32 Å². The van der Waals surface area contributed by atoms with Crippen LogP contribution < -0.4 is 5.32 Å². The van der Waals surface area contributed by atoms with Gasteiger partial charge in [0.05, 0.1) is 17.9 Å². The van der Waals surface area contributed by atoms with Crippen molar-refractivity contribution in [2.45, 2.75) is 193 Å². The van der Waals surface area contributed by atoms with Gasteiger partial charge < -0.3 is 10.4 Å². The van der Waals surface area contributed by atoms with Gasteiger partial charge in [-0.25, -0.2) is 0 Å². The Hall–Kier alpha value is -1.18. The van der Waals surface area contributed by atoms with E-state index in [9.17, 15) is 22.9 Å². The number of allylic oxidation sites excluding steroid dienone is 3. The van der Waals surface area contributed by atoms with E-state index in [0.29, 0.717) is 6.42 Å². The minimum Gasteiger partial charge on any atom is -0.387 e. The summed E-state index contributed by atoms with van der Waals surface area (Å²) in [4.78, 5) is 12.3. The molecule has 7 heteroatoms. The fourth-order valence-corrected chi connectivity index (χ4v) is 6.12. The number of aliphatic hydroxyl groups is 1. The molecule has 0 aliphatic carbocycles. The molecule has 0 aromatic heterocycles. The van der Waals surface area contributed by atoms with Crippen molar-refractivity contribution in [2.75, 3.05) is 5.75 Å². The molecule has 3 N–H and O–H groups in total. The van der Waals surface area contributed by atoms with Crippen molar-refractivity contribution in [2.24, 2.45) is 0 Å². The first-order chi connectivity index (χ1) is 20.8. The normalized spacial score (nSPS) is 13.7. The molecule has 0 saturated heterocycles. The minimum absolute atomic E-state index is 0.286. The number of hydrogen-bond donors (Lipinski definition) is 3. The van der Waals surface area contributed by atoms with Crippen LogP contribution in [0.4, 0.5) is 0 Å². The van der Waals surface area contributed by atoms with Gasteiger partial charge in [0.2, 0.25) is 5.91 Å². The Balaban J connectivity index is 3.69. The summed E-state index contributed by atoms with van der Waals surface area (Å²) in [5, 5.41) is 13.0. The van der Waals surface area contributed by atoms with Gasteiger partial charge in [-0.3, -0.25) is 9.35 Å². The molecule has 0 bridgehead atoms. The molecule has 2 unspecified atom stereocenters.